The molecule has 1 aromatic rings. The Morgan fingerprint density at radius 2 is 2.20 bits per heavy atom. The van der Waals surface area contributed by atoms with Gasteiger partial charge in [-0.25, -0.2) is 4.39 Å². The zero-order chi connectivity index (χ0) is 11.3. The third-order valence-electron chi connectivity index (χ3n) is 1.81. The van der Waals surface area contributed by atoms with Gasteiger partial charge in [0.25, 0.3) is 0 Å². The number of nitrogens with one attached hydrogen (secondary N) is 1. The molecule has 0 amide bonds. The molecule has 1 rings (SSSR count). The maximum absolute atomic E-state index is 12.8. The Bertz CT molecular complexity index is 317. The minimum Gasteiger partial charge on any atom is -0.492 e. The van der Waals surface area contributed by atoms with E-state index in [0.29, 0.717) is 18.4 Å². The highest BCUT2D eigenvalue weighted by atomic mass is 35.5. The summed E-state index contributed by atoms with van der Waals surface area (Å²) in [5.74, 6) is 0.163. The predicted octanol–water partition coefficient (Wildman–Crippen LogP) is 2.86. The average molecular weight is 232 g/mol. The molecule has 1 N–H and O–H groups in total. The number of benzene rings is 1. The van der Waals surface area contributed by atoms with Crippen LogP contribution in [-0.4, -0.2) is 19.2 Å². The SMILES string of the molecule is CC(C)NCCOc1ccc(F)c(Cl)c1. The van der Waals surface area contributed by atoms with E-state index in [-0.39, 0.29) is 5.02 Å². The van der Waals surface area contributed by atoms with Crippen LogP contribution in [0.3, 0.4) is 0 Å². The van der Waals surface area contributed by atoms with Gasteiger partial charge in [-0.1, -0.05) is 25.4 Å². The molecule has 4 heteroatoms. The number of hydrogen-bond acceptors (Lipinski definition) is 2. The predicted molar refractivity (Wildman–Crippen MR) is 60.0 cm³/mol. The molecule has 0 aliphatic carbocycles. The lowest BCUT2D eigenvalue weighted by atomic mass is 10.3. The highest BCUT2D eigenvalue weighted by Crippen LogP contribution is 2.20. The van der Waals surface area contributed by atoms with Crippen LogP contribution in [0.1, 0.15) is 13.8 Å². The molecule has 0 atom stereocenters. The monoisotopic (exact) mass is 231 g/mol. The van der Waals surface area contributed by atoms with Crippen LogP contribution in [0.25, 0.3) is 0 Å². The first kappa shape index (κ1) is 12.3. The summed E-state index contributed by atoms with van der Waals surface area (Å²) < 4.78 is 18.2. The normalized spacial score (nSPS) is 10.7. The molecule has 0 radical (unpaired) electrons. The van der Waals surface area contributed by atoms with Gasteiger partial charge in [-0.3, -0.25) is 0 Å². The van der Waals surface area contributed by atoms with E-state index in [1.165, 1.54) is 12.1 Å². The summed E-state index contributed by atoms with van der Waals surface area (Å²) in [6.45, 7) is 5.43. The fourth-order valence-corrected chi connectivity index (χ4v) is 1.25. The van der Waals surface area contributed by atoms with Gasteiger partial charge in [-0.05, 0) is 12.1 Å². The summed E-state index contributed by atoms with van der Waals surface area (Å²) in [5.41, 5.74) is 0. The van der Waals surface area contributed by atoms with Gasteiger partial charge in [-0.2, -0.15) is 0 Å². The molecule has 0 aliphatic rings. The Hall–Kier alpha value is -0.800. The lowest BCUT2D eigenvalue weighted by molar-refractivity contribution is 0.308. The lowest BCUT2D eigenvalue weighted by Gasteiger charge is -2.09. The van der Waals surface area contributed by atoms with Crippen molar-refractivity contribution < 1.29 is 9.13 Å². The van der Waals surface area contributed by atoms with Gasteiger partial charge >= 0.3 is 0 Å². The van der Waals surface area contributed by atoms with Crippen LogP contribution in [-0.2, 0) is 0 Å². The minimum absolute atomic E-state index is 0.0873. The molecular formula is C11H15ClFNO. The van der Waals surface area contributed by atoms with Gasteiger partial charge in [-0.15, -0.1) is 0 Å². The average Bonchev–Trinajstić information content (AvgIpc) is 2.18. The first-order valence-corrected chi connectivity index (χ1v) is 5.28. The van der Waals surface area contributed by atoms with Gasteiger partial charge in [0.05, 0.1) is 5.02 Å². The standard InChI is InChI=1S/C11H15ClFNO/c1-8(2)14-5-6-15-9-3-4-11(13)10(12)7-9/h3-4,7-8,14H,5-6H2,1-2H3. The minimum atomic E-state index is -0.427. The highest BCUT2D eigenvalue weighted by molar-refractivity contribution is 6.30. The van der Waals surface area contributed by atoms with Crippen molar-refractivity contribution in [1.82, 2.24) is 5.32 Å². The Morgan fingerprint density at radius 3 is 2.80 bits per heavy atom. The van der Waals surface area contributed by atoms with Gasteiger partial charge in [0.2, 0.25) is 0 Å². The molecule has 15 heavy (non-hydrogen) atoms. The molecule has 1 aromatic carbocycles. The summed E-state index contributed by atoms with van der Waals surface area (Å²) in [4.78, 5) is 0. The fraction of sp³-hybridized carbons (Fsp3) is 0.455. The van der Waals surface area contributed by atoms with Crippen molar-refractivity contribution in [3.8, 4) is 5.75 Å². The molecule has 0 unspecified atom stereocenters. The van der Waals surface area contributed by atoms with Gasteiger partial charge < -0.3 is 10.1 Å². The fourth-order valence-electron chi connectivity index (χ4n) is 1.08. The van der Waals surface area contributed by atoms with E-state index in [2.05, 4.69) is 19.2 Å². The molecule has 0 aliphatic heterocycles. The van der Waals surface area contributed by atoms with E-state index >= 15 is 0 Å². The first-order valence-electron chi connectivity index (χ1n) is 4.91. The van der Waals surface area contributed by atoms with Crippen molar-refractivity contribution >= 4 is 11.6 Å². The van der Waals surface area contributed by atoms with E-state index in [4.69, 9.17) is 16.3 Å². The van der Waals surface area contributed by atoms with Crippen LogP contribution in [0, 0.1) is 5.82 Å². The van der Waals surface area contributed by atoms with Crippen LogP contribution in [0.5, 0.6) is 5.75 Å². The maximum Gasteiger partial charge on any atom is 0.142 e. The maximum atomic E-state index is 12.8. The number of ether oxygens (including phenoxy) is 1. The summed E-state index contributed by atoms with van der Waals surface area (Å²) in [6, 6.07) is 4.78. The summed E-state index contributed by atoms with van der Waals surface area (Å²) in [6.07, 6.45) is 0. The quantitative estimate of drug-likeness (QED) is 0.787. The van der Waals surface area contributed by atoms with Crippen molar-refractivity contribution in [1.29, 1.82) is 0 Å². The third kappa shape index (κ3) is 4.49. The second kappa shape index (κ2) is 5.93. The van der Waals surface area contributed by atoms with Crippen LogP contribution in [0.4, 0.5) is 4.39 Å². The van der Waals surface area contributed by atoms with Crippen molar-refractivity contribution in [3.05, 3.63) is 29.0 Å². The number of hydrogen-bond donors (Lipinski definition) is 1. The summed E-state index contributed by atoms with van der Waals surface area (Å²) in [7, 11) is 0. The number of halogens is 2. The van der Waals surface area contributed by atoms with Gasteiger partial charge in [0, 0.05) is 18.7 Å². The second-order valence-electron chi connectivity index (χ2n) is 3.53. The molecule has 0 spiro atoms. The topological polar surface area (TPSA) is 21.3 Å². The molecule has 84 valence electrons. The lowest BCUT2D eigenvalue weighted by Crippen LogP contribution is -2.27. The van der Waals surface area contributed by atoms with E-state index in [1.54, 1.807) is 6.07 Å². The smallest absolute Gasteiger partial charge is 0.142 e. The molecule has 0 saturated carbocycles. The van der Waals surface area contributed by atoms with Crippen molar-refractivity contribution in [3.63, 3.8) is 0 Å². The summed E-state index contributed by atoms with van der Waals surface area (Å²) >= 11 is 5.61. The Balaban J connectivity index is 2.35. The Morgan fingerprint density at radius 1 is 1.47 bits per heavy atom. The van der Waals surface area contributed by atoms with E-state index in [0.717, 1.165) is 6.54 Å². The second-order valence-corrected chi connectivity index (χ2v) is 3.94. The summed E-state index contributed by atoms with van der Waals surface area (Å²) in [5, 5.41) is 3.30. The molecule has 0 heterocycles. The first-order chi connectivity index (χ1) is 7.09. The largest absolute Gasteiger partial charge is 0.492 e. The molecule has 0 bridgehead atoms. The van der Waals surface area contributed by atoms with Gasteiger partial charge in [0.1, 0.15) is 18.2 Å². The Kier molecular flexibility index (Phi) is 4.85. The zero-order valence-corrected chi connectivity index (χ0v) is 9.64. The van der Waals surface area contributed by atoms with Gasteiger partial charge in [0.15, 0.2) is 0 Å². The van der Waals surface area contributed by atoms with Crippen LogP contribution in [0.15, 0.2) is 18.2 Å². The van der Waals surface area contributed by atoms with Crippen LogP contribution >= 0.6 is 11.6 Å². The van der Waals surface area contributed by atoms with Crippen molar-refractivity contribution in [2.75, 3.05) is 13.2 Å². The zero-order valence-electron chi connectivity index (χ0n) is 8.89. The van der Waals surface area contributed by atoms with Crippen LogP contribution < -0.4 is 10.1 Å². The van der Waals surface area contributed by atoms with Crippen molar-refractivity contribution in [2.24, 2.45) is 0 Å². The van der Waals surface area contributed by atoms with E-state index < -0.39 is 5.82 Å². The van der Waals surface area contributed by atoms with E-state index in [9.17, 15) is 4.39 Å². The molecule has 0 fully saturated rings. The third-order valence-corrected chi connectivity index (χ3v) is 2.10. The molecule has 0 aromatic heterocycles. The van der Waals surface area contributed by atoms with E-state index in [1.807, 2.05) is 0 Å². The number of rotatable bonds is 5. The highest BCUT2D eigenvalue weighted by Gasteiger charge is 2.01. The van der Waals surface area contributed by atoms with Crippen LogP contribution in [0.2, 0.25) is 5.02 Å². The molecule has 0 saturated heterocycles. The Labute approximate surface area is 94.4 Å². The molecular weight excluding hydrogens is 217 g/mol. The molecule has 2 nitrogen and oxygen atoms in total. The van der Waals surface area contributed by atoms with Crippen molar-refractivity contribution in [2.45, 2.75) is 19.9 Å².